The number of carbonyl (C=O) groups is 2. The highest BCUT2D eigenvalue weighted by Gasteiger charge is 2.31. The van der Waals surface area contributed by atoms with Gasteiger partial charge in [0.1, 0.15) is 11.8 Å². The molecule has 1 aliphatic heterocycles. The van der Waals surface area contributed by atoms with E-state index in [0.29, 0.717) is 25.8 Å². The van der Waals surface area contributed by atoms with Gasteiger partial charge in [-0.2, -0.15) is 0 Å². The van der Waals surface area contributed by atoms with Crippen LogP contribution in [0.1, 0.15) is 31.2 Å². The average Bonchev–Trinajstić information content (AvgIpc) is 2.52. The van der Waals surface area contributed by atoms with Crippen molar-refractivity contribution < 1.29 is 19.4 Å². The van der Waals surface area contributed by atoms with Crippen LogP contribution in [0.5, 0.6) is 5.75 Å². The summed E-state index contributed by atoms with van der Waals surface area (Å²) in [5.74, 6) is -0.230. The Morgan fingerprint density at radius 2 is 2.10 bits per heavy atom. The lowest BCUT2D eigenvalue weighted by molar-refractivity contribution is -0.152. The summed E-state index contributed by atoms with van der Waals surface area (Å²) in [6.45, 7) is 0.543. The van der Waals surface area contributed by atoms with Crippen LogP contribution in [0.25, 0.3) is 0 Å². The minimum absolute atomic E-state index is 0.0898. The second-order valence-electron chi connectivity index (χ2n) is 5.25. The fourth-order valence-corrected chi connectivity index (χ4v) is 2.78. The molecule has 1 N–H and O–H groups in total. The van der Waals surface area contributed by atoms with Crippen molar-refractivity contribution in [1.29, 1.82) is 0 Å². The van der Waals surface area contributed by atoms with Crippen molar-refractivity contribution in [2.75, 3.05) is 13.7 Å². The van der Waals surface area contributed by atoms with Crippen molar-refractivity contribution in [3.05, 3.63) is 29.8 Å². The van der Waals surface area contributed by atoms with Crippen molar-refractivity contribution >= 4 is 11.9 Å². The Balaban J connectivity index is 1.99. The number of aliphatic carboxylic acids is 1. The molecule has 1 aliphatic rings. The number of nitrogens with zero attached hydrogens (tertiary/aromatic N) is 1. The molecular weight excluding hydrogens is 270 g/mol. The fourth-order valence-electron chi connectivity index (χ4n) is 2.78. The zero-order chi connectivity index (χ0) is 15.2. The summed E-state index contributed by atoms with van der Waals surface area (Å²) in [6.07, 6.45) is 3.17. The van der Waals surface area contributed by atoms with Gasteiger partial charge in [0.25, 0.3) is 0 Å². The van der Waals surface area contributed by atoms with E-state index < -0.39 is 12.0 Å². The van der Waals surface area contributed by atoms with E-state index in [2.05, 4.69) is 0 Å². The first kappa shape index (κ1) is 15.4. The molecule has 0 aliphatic carbocycles. The van der Waals surface area contributed by atoms with E-state index in [1.54, 1.807) is 7.11 Å². The SMILES string of the molecule is COc1ccccc1CCC(=O)N1CCCC[C@H]1C(=O)O. The van der Waals surface area contributed by atoms with Crippen LogP contribution in [0.4, 0.5) is 0 Å². The number of carboxylic acids is 1. The summed E-state index contributed by atoms with van der Waals surface area (Å²) in [5, 5.41) is 9.21. The second kappa shape index (κ2) is 7.11. The van der Waals surface area contributed by atoms with Crippen molar-refractivity contribution in [2.45, 2.75) is 38.1 Å². The molecule has 0 unspecified atom stereocenters. The van der Waals surface area contributed by atoms with E-state index >= 15 is 0 Å². The number of carboxylic acid groups (broad SMARTS) is 1. The summed E-state index contributed by atoms with van der Waals surface area (Å²) >= 11 is 0. The quantitative estimate of drug-likeness (QED) is 0.902. The van der Waals surface area contributed by atoms with Crippen LogP contribution in [0, 0.1) is 0 Å². The molecule has 1 atom stereocenters. The second-order valence-corrected chi connectivity index (χ2v) is 5.25. The summed E-state index contributed by atoms with van der Waals surface area (Å²) in [7, 11) is 1.60. The lowest BCUT2D eigenvalue weighted by Crippen LogP contribution is -2.48. The highest BCUT2D eigenvalue weighted by molar-refractivity contribution is 5.84. The first-order valence-corrected chi connectivity index (χ1v) is 7.27. The highest BCUT2D eigenvalue weighted by atomic mass is 16.5. The van der Waals surface area contributed by atoms with E-state index in [1.165, 1.54) is 4.90 Å². The Labute approximate surface area is 124 Å². The van der Waals surface area contributed by atoms with E-state index in [4.69, 9.17) is 4.74 Å². The van der Waals surface area contributed by atoms with Crippen molar-refractivity contribution in [3.8, 4) is 5.75 Å². The molecule has 0 bridgehead atoms. The van der Waals surface area contributed by atoms with E-state index in [9.17, 15) is 14.7 Å². The number of hydrogen-bond acceptors (Lipinski definition) is 3. The van der Waals surface area contributed by atoms with Gasteiger partial charge in [-0.1, -0.05) is 18.2 Å². The minimum atomic E-state index is -0.902. The molecule has 0 saturated carbocycles. The molecule has 5 heteroatoms. The maximum absolute atomic E-state index is 12.3. The van der Waals surface area contributed by atoms with Gasteiger partial charge in [-0.05, 0) is 37.3 Å². The molecular formula is C16H21NO4. The number of para-hydroxylation sites is 1. The van der Waals surface area contributed by atoms with Crippen LogP contribution >= 0.6 is 0 Å². The Bertz CT molecular complexity index is 515. The normalized spacial score (nSPS) is 18.3. The van der Waals surface area contributed by atoms with Gasteiger partial charge in [-0.25, -0.2) is 4.79 Å². The third-order valence-electron chi connectivity index (χ3n) is 3.91. The van der Waals surface area contributed by atoms with Gasteiger partial charge in [-0.3, -0.25) is 4.79 Å². The third-order valence-corrected chi connectivity index (χ3v) is 3.91. The number of hydrogen-bond donors (Lipinski definition) is 1. The van der Waals surface area contributed by atoms with Crippen LogP contribution in [-0.2, 0) is 16.0 Å². The third kappa shape index (κ3) is 3.74. The van der Waals surface area contributed by atoms with Crippen LogP contribution in [-0.4, -0.2) is 41.6 Å². The lowest BCUT2D eigenvalue weighted by atomic mass is 10.0. The van der Waals surface area contributed by atoms with Gasteiger partial charge in [-0.15, -0.1) is 0 Å². The lowest BCUT2D eigenvalue weighted by Gasteiger charge is -2.33. The Morgan fingerprint density at radius 1 is 1.33 bits per heavy atom. The van der Waals surface area contributed by atoms with Crippen LogP contribution < -0.4 is 4.74 Å². The largest absolute Gasteiger partial charge is 0.496 e. The van der Waals surface area contributed by atoms with Crippen LogP contribution in [0.2, 0.25) is 0 Å². The number of ether oxygens (including phenoxy) is 1. The molecule has 5 nitrogen and oxygen atoms in total. The predicted octanol–water partition coefficient (Wildman–Crippen LogP) is 2.09. The van der Waals surface area contributed by atoms with Crippen LogP contribution in [0.3, 0.4) is 0 Å². The number of benzene rings is 1. The number of amides is 1. The number of aryl methyl sites for hydroxylation is 1. The number of methoxy groups -OCH3 is 1. The Morgan fingerprint density at radius 3 is 2.81 bits per heavy atom. The predicted molar refractivity (Wildman–Crippen MR) is 78.3 cm³/mol. The van der Waals surface area contributed by atoms with Crippen molar-refractivity contribution in [3.63, 3.8) is 0 Å². The molecule has 1 amide bonds. The van der Waals surface area contributed by atoms with Gasteiger partial charge in [0.2, 0.25) is 5.91 Å². The number of piperidine rings is 1. The van der Waals surface area contributed by atoms with Gasteiger partial charge < -0.3 is 14.7 Å². The monoisotopic (exact) mass is 291 g/mol. The summed E-state index contributed by atoms with van der Waals surface area (Å²) in [6, 6.07) is 6.92. The summed E-state index contributed by atoms with van der Waals surface area (Å²) in [4.78, 5) is 25.1. The summed E-state index contributed by atoms with van der Waals surface area (Å²) < 4.78 is 5.26. The Hall–Kier alpha value is -2.04. The fraction of sp³-hybridized carbons (Fsp3) is 0.500. The van der Waals surface area contributed by atoms with Crippen molar-refractivity contribution in [1.82, 2.24) is 4.90 Å². The molecule has 21 heavy (non-hydrogen) atoms. The van der Waals surface area contributed by atoms with Gasteiger partial charge in [0, 0.05) is 13.0 Å². The first-order chi connectivity index (χ1) is 10.1. The topological polar surface area (TPSA) is 66.8 Å². The molecule has 1 heterocycles. The number of rotatable bonds is 5. The van der Waals surface area contributed by atoms with E-state index in [1.807, 2.05) is 24.3 Å². The molecule has 0 aromatic heterocycles. The van der Waals surface area contributed by atoms with Gasteiger partial charge >= 0.3 is 5.97 Å². The summed E-state index contributed by atoms with van der Waals surface area (Å²) in [5.41, 5.74) is 0.970. The highest BCUT2D eigenvalue weighted by Crippen LogP contribution is 2.22. The molecule has 1 fully saturated rings. The zero-order valence-electron chi connectivity index (χ0n) is 12.2. The number of carbonyl (C=O) groups excluding carboxylic acids is 1. The first-order valence-electron chi connectivity index (χ1n) is 7.27. The molecule has 2 rings (SSSR count). The maximum Gasteiger partial charge on any atom is 0.326 e. The molecule has 0 spiro atoms. The van der Waals surface area contributed by atoms with E-state index in [-0.39, 0.29) is 5.91 Å². The molecule has 1 saturated heterocycles. The van der Waals surface area contributed by atoms with Gasteiger partial charge in [0.05, 0.1) is 7.11 Å². The standard InChI is InChI=1S/C16H21NO4/c1-21-14-8-3-2-6-12(14)9-10-15(18)17-11-5-4-7-13(17)16(19)20/h2-3,6,8,13H,4-5,7,9-11H2,1H3,(H,19,20)/t13-/m0/s1. The smallest absolute Gasteiger partial charge is 0.326 e. The maximum atomic E-state index is 12.3. The van der Waals surface area contributed by atoms with E-state index in [0.717, 1.165) is 24.2 Å². The molecule has 1 aromatic carbocycles. The van der Waals surface area contributed by atoms with Crippen molar-refractivity contribution in [2.24, 2.45) is 0 Å². The molecule has 0 radical (unpaired) electrons. The van der Waals surface area contributed by atoms with Gasteiger partial charge in [0.15, 0.2) is 0 Å². The number of likely N-dealkylation sites (tertiary alicyclic amines) is 1. The minimum Gasteiger partial charge on any atom is -0.496 e. The Kier molecular flexibility index (Phi) is 5.20. The molecule has 114 valence electrons. The average molecular weight is 291 g/mol. The molecule has 1 aromatic rings. The van der Waals surface area contributed by atoms with Crippen LogP contribution in [0.15, 0.2) is 24.3 Å². The zero-order valence-corrected chi connectivity index (χ0v) is 12.2.